The van der Waals surface area contributed by atoms with Crippen molar-refractivity contribution in [3.8, 4) is 11.8 Å². The van der Waals surface area contributed by atoms with Crippen LogP contribution in [-0.4, -0.2) is 96.9 Å². The van der Waals surface area contributed by atoms with Crippen molar-refractivity contribution < 1.29 is 23.9 Å². The Morgan fingerprint density at radius 1 is 0.909 bits per heavy atom. The van der Waals surface area contributed by atoms with Gasteiger partial charge in [-0.1, -0.05) is 39.3 Å². The highest BCUT2D eigenvalue weighted by atomic mass is 35.5. The number of rotatable bonds is 8. The van der Waals surface area contributed by atoms with Gasteiger partial charge in [-0.3, -0.25) is 29.4 Å². The minimum atomic E-state index is -0.609. The Balaban J connectivity index is 0.807. The number of benzene rings is 3. The predicted molar refractivity (Wildman–Crippen MR) is 208 cm³/mol. The Bertz CT molecular complexity index is 2080. The molecule has 1 atom stereocenters. The zero-order valence-corrected chi connectivity index (χ0v) is 32.4. The van der Waals surface area contributed by atoms with Gasteiger partial charge in [0.05, 0.1) is 10.6 Å². The van der Waals surface area contributed by atoms with E-state index in [-0.39, 0.29) is 47.1 Å². The molecule has 55 heavy (non-hydrogen) atoms. The van der Waals surface area contributed by atoms with Crippen molar-refractivity contribution in [3.05, 3.63) is 87.9 Å². The van der Waals surface area contributed by atoms with Gasteiger partial charge in [0.2, 0.25) is 11.8 Å². The van der Waals surface area contributed by atoms with Gasteiger partial charge in [0, 0.05) is 104 Å². The van der Waals surface area contributed by atoms with Crippen LogP contribution in [0.3, 0.4) is 0 Å². The topological polar surface area (TPSA) is 138 Å². The SMILES string of the molecule is CC1(C)[C@H](NC(=O)c2ccc(N3CCN(C4CN(c5ccc6c(c5)CN(C5CCC(=O)NC5=O)C6=O)C4)CC3)cc2)C(C)(C)[C@H]1Oc1ccc(C#N)c(Cl)c1. The molecule has 1 unspecified atom stereocenters. The van der Waals surface area contributed by atoms with E-state index in [9.17, 15) is 24.4 Å². The van der Waals surface area contributed by atoms with Crippen molar-refractivity contribution in [2.75, 3.05) is 49.1 Å². The Hall–Kier alpha value is -5.12. The van der Waals surface area contributed by atoms with Crippen LogP contribution in [-0.2, 0) is 16.1 Å². The summed E-state index contributed by atoms with van der Waals surface area (Å²) in [5.41, 5.74) is 4.07. The quantitative estimate of drug-likeness (QED) is 0.316. The van der Waals surface area contributed by atoms with Gasteiger partial charge in [-0.25, -0.2) is 0 Å². The standard InChI is InChI=1S/C42H46ClN7O5/c1-41(2)39(42(3,4)40(41)55-31-11-7-26(21-44)33(43)20-31)46-36(52)25-5-8-28(9-6-25)47-15-17-48(18-16-47)30-23-49(24-30)29-10-12-32-27(19-29)22-50(38(32)54)34-13-14-35(51)45-37(34)53/h5-12,19-20,30,34,39-40H,13-18,22-24H2,1-4H3,(H,46,52)(H,45,51,53)/t34?,39-,40-. The second-order valence-corrected chi connectivity index (χ2v) is 17.1. The molecular weight excluding hydrogens is 718 g/mol. The number of nitriles is 1. The maximum absolute atomic E-state index is 13.5. The molecule has 4 heterocycles. The van der Waals surface area contributed by atoms with E-state index in [1.54, 1.807) is 23.1 Å². The van der Waals surface area contributed by atoms with Crippen LogP contribution >= 0.6 is 11.6 Å². The number of halogens is 1. The molecule has 2 N–H and O–H groups in total. The molecule has 3 aromatic carbocycles. The van der Waals surface area contributed by atoms with Crippen molar-refractivity contribution >= 4 is 46.6 Å². The number of fused-ring (bicyclic) bond motifs is 1. The van der Waals surface area contributed by atoms with E-state index in [4.69, 9.17) is 16.3 Å². The van der Waals surface area contributed by atoms with Gasteiger partial charge < -0.3 is 24.8 Å². The fraction of sp³-hybridized carbons (Fsp3) is 0.452. The lowest BCUT2D eigenvalue weighted by Crippen LogP contribution is -2.74. The van der Waals surface area contributed by atoms with Crippen LogP contribution in [0, 0.1) is 22.2 Å². The Labute approximate surface area is 326 Å². The summed E-state index contributed by atoms with van der Waals surface area (Å²) in [6, 6.07) is 20.7. The third-order valence-corrected chi connectivity index (χ3v) is 12.8. The molecule has 0 spiro atoms. The number of hydrogen-bond acceptors (Lipinski definition) is 9. The molecule has 4 fully saturated rings. The lowest BCUT2D eigenvalue weighted by molar-refractivity contribution is -0.164. The summed E-state index contributed by atoms with van der Waals surface area (Å²) < 4.78 is 6.38. The molecule has 1 aliphatic carbocycles. The lowest BCUT2D eigenvalue weighted by atomic mass is 9.49. The highest BCUT2D eigenvalue weighted by Crippen LogP contribution is 2.55. The molecule has 286 valence electrons. The molecule has 12 nitrogen and oxygen atoms in total. The van der Waals surface area contributed by atoms with Crippen LogP contribution in [0.2, 0.25) is 5.02 Å². The molecule has 0 radical (unpaired) electrons. The maximum atomic E-state index is 13.5. The van der Waals surface area contributed by atoms with E-state index in [1.165, 1.54) is 0 Å². The Morgan fingerprint density at radius 2 is 1.60 bits per heavy atom. The molecule has 8 rings (SSSR count). The van der Waals surface area contributed by atoms with Crippen molar-refractivity contribution in [1.29, 1.82) is 5.26 Å². The number of nitrogens with zero attached hydrogens (tertiary/aromatic N) is 5. The molecule has 0 bridgehead atoms. The second kappa shape index (κ2) is 13.9. The number of carbonyl (C=O) groups excluding carboxylic acids is 4. The van der Waals surface area contributed by atoms with Gasteiger partial charge in [-0.05, 0) is 66.6 Å². The molecular formula is C42H46ClN7O5. The molecule has 13 heteroatoms. The van der Waals surface area contributed by atoms with Crippen molar-refractivity contribution in [2.24, 2.45) is 10.8 Å². The fourth-order valence-electron chi connectivity index (χ4n) is 9.63. The highest BCUT2D eigenvalue weighted by molar-refractivity contribution is 6.31. The van der Waals surface area contributed by atoms with Gasteiger partial charge >= 0.3 is 0 Å². The van der Waals surface area contributed by atoms with Crippen LogP contribution in [0.4, 0.5) is 11.4 Å². The van der Waals surface area contributed by atoms with Gasteiger partial charge in [0.15, 0.2) is 0 Å². The van der Waals surface area contributed by atoms with Crippen LogP contribution in [0.5, 0.6) is 5.75 Å². The van der Waals surface area contributed by atoms with Crippen molar-refractivity contribution in [1.82, 2.24) is 20.4 Å². The first-order chi connectivity index (χ1) is 26.2. The summed E-state index contributed by atoms with van der Waals surface area (Å²) in [4.78, 5) is 59.5. The number of hydrogen-bond donors (Lipinski definition) is 2. The number of nitrogens with one attached hydrogen (secondary N) is 2. The van der Waals surface area contributed by atoms with Crippen LogP contribution < -0.4 is 25.2 Å². The number of amides is 4. The summed E-state index contributed by atoms with van der Waals surface area (Å²) in [5.74, 6) is -0.340. The average molecular weight is 764 g/mol. The zero-order valence-electron chi connectivity index (χ0n) is 31.6. The Morgan fingerprint density at radius 3 is 2.25 bits per heavy atom. The fourth-order valence-corrected chi connectivity index (χ4v) is 9.85. The summed E-state index contributed by atoms with van der Waals surface area (Å²) in [6.07, 6.45) is 0.425. The van der Waals surface area contributed by atoms with Gasteiger partial charge in [-0.2, -0.15) is 5.26 Å². The van der Waals surface area contributed by atoms with E-state index < -0.39 is 11.9 Å². The van der Waals surface area contributed by atoms with E-state index in [0.717, 1.165) is 56.2 Å². The zero-order chi connectivity index (χ0) is 38.8. The molecule has 5 aliphatic rings. The van der Waals surface area contributed by atoms with E-state index in [0.29, 0.717) is 46.5 Å². The molecule has 4 amide bonds. The third-order valence-electron chi connectivity index (χ3n) is 12.5. The molecule has 3 aromatic rings. The molecule has 4 aliphatic heterocycles. The molecule has 1 saturated carbocycles. The maximum Gasteiger partial charge on any atom is 0.255 e. The van der Waals surface area contributed by atoms with Crippen molar-refractivity contribution in [3.63, 3.8) is 0 Å². The van der Waals surface area contributed by atoms with E-state index in [1.807, 2.05) is 36.4 Å². The summed E-state index contributed by atoms with van der Waals surface area (Å²) in [7, 11) is 0. The second-order valence-electron chi connectivity index (χ2n) is 16.7. The number of anilines is 2. The number of piperazine rings is 1. The molecule has 0 aromatic heterocycles. The third kappa shape index (κ3) is 6.57. The van der Waals surface area contributed by atoms with Gasteiger partial charge in [0.25, 0.3) is 11.8 Å². The summed E-state index contributed by atoms with van der Waals surface area (Å²) in [5, 5.41) is 15.2. The highest BCUT2D eigenvalue weighted by Gasteiger charge is 2.64. The molecule has 3 saturated heterocycles. The first-order valence-corrected chi connectivity index (χ1v) is 19.4. The minimum absolute atomic E-state index is 0.112. The minimum Gasteiger partial charge on any atom is -0.489 e. The number of carbonyl (C=O) groups is 4. The van der Waals surface area contributed by atoms with Gasteiger partial charge in [0.1, 0.15) is 24.0 Å². The average Bonchev–Trinajstić information content (AvgIpc) is 3.47. The number of imide groups is 1. The monoisotopic (exact) mass is 763 g/mol. The van der Waals surface area contributed by atoms with E-state index >= 15 is 0 Å². The predicted octanol–water partition coefficient (Wildman–Crippen LogP) is 4.60. The summed E-state index contributed by atoms with van der Waals surface area (Å²) >= 11 is 6.25. The number of piperidine rings is 1. The smallest absolute Gasteiger partial charge is 0.255 e. The van der Waals surface area contributed by atoms with Crippen molar-refractivity contribution in [2.45, 2.75) is 71.3 Å². The lowest BCUT2D eigenvalue weighted by Gasteiger charge is -2.63. The van der Waals surface area contributed by atoms with Crippen LogP contribution in [0.1, 0.15) is 72.4 Å². The Kier molecular flexibility index (Phi) is 9.29. The largest absolute Gasteiger partial charge is 0.489 e. The van der Waals surface area contributed by atoms with E-state index in [2.05, 4.69) is 65.2 Å². The first kappa shape index (κ1) is 36.8. The normalized spacial score (nSPS) is 24.7. The first-order valence-electron chi connectivity index (χ1n) is 19.0. The summed E-state index contributed by atoms with van der Waals surface area (Å²) in [6.45, 7) is 14.3. The van der Waals surface area contributed by atoms with Crippen LogP contribution in [0.25, 0.3) is 0 Å². The van der Waals surface area contributed by atoms with Crippen LogP contribution in [0.15, 0.2) is 60.7 Å². The van der Waals surface area contributed by atoms with Gasteiger partial charge in [-0.15, -0.1) is 0 Å². The number of ether oxygens (including phenoxy) is 1.